The Labute approximate surface area is 141 Å². The Hall–Kier alpha value is -2.37. The van der Waals surface area contributed by atoms with E-state index >= 15 is 0 Å². The molecule has 1 aromatic rings. The molecule has 3 rings (SSSR count). The summed E-state index contributed by atoms with van der Waals surface area (Å²) in [5.74, 6) is -0.101. The monoisotopic (exact) mass is 329 g/mol. The smallest absolute Gasteiger partial charge is 0.229 e. The second-order valence-corrected chi connectivity index (χ2v) is 6.49. The highest BCUT2D eigenvalue weighted by Gasteiger charge is 2.27. The first kappa shape index (κ1) is 16.5. The van der Waals surface area contributed by atoms with Gasteiger partial charge in [-0.1, -0.05) is 6.07 Å². The van der Waals surface area contributed by atoms with E-state index in [-0.39, 0.29) is 23.6 Å². The Morgan fingerprint density at radius 3 is 2.75 bits per heavy atom. The van der Waals surface area contributed by atoms with Crippen molar-refractivity contribution in [1.82, 2.24) is 4.90 Å². The number of carbonyl (C=O) groups excluding carboxylic acids is 3. The zero-order valence-corrected chi connectivity index (χ0v) is 14.0. The van der Waals surface area contributed by atoms with Crippen molar-refractivity contribution in [2.24, 2.45) is 5.92 Å². The Morgan fingerprint density at radius 1 is 1.21 bits per heavy atom. The summed E-state index contributed by atoms with van der Waals surface area (Å²) in [6, 6.07) is 7.40. The summed E-state index contributed by atoms with van der Waals surface area (Å²) in [6.45, 7) is 3.47. The van der Waals surface area contributed by atoms with E-state index in [0.29, 0.717) is 18.7 Å². The molecule has 128 valence electrons. The third-order valence-electron chi connectivity index (χ3n) is 4.74. The first-order valence-electron chi connectivity index (χ1n) is 8.51. The summed E-state index contributed by atoms with van der Waals surface area (Å²) >= 11 is 0. The molecule has 2 fully saturated rings. The largest absolute Gasteiger partial charge is 0.342 e. The summed E-state index contributed by atoms with van der Waals surface area (Å²) < 4.78 is 0. The van der Waals surface area contributed by atoms with Crippen molar-refractivity contribution in [3.05, 3.63) is 24.3 Å². The number of anilines is 2. The minimum Gasteiger partial charge on any atom is -0.342 e. The molecule has 2 aliphatic heterocycles. The molecule has 6 heteroatoms. The lowest BCUT2D eigenvalue weighted by Crippen LogP contribution is -2.42. The van der Waals surface area contributed by atoms with Crippen LogP contribution in [0.5, 0.6) is 0 Å². The summed E-state index contributed by atoms with van der Waals surface area (Å²) in [6.07, 6.45) is 3.10. The van der Waals surface area contributed by atoms with Crippen LogP contribution >= 0.6 is 0 Å². The van der Waals surface area contributed by atoms with E-state index < -0.39 is 0 Å². The van der Waals surface area contributed by atoms with Gasteiger partial charge in [-0.25, -0.2) is 0 Å². The lowest BCUT2D eigenvalue weighted by molar-refractivity contribution is -0.132. The van der Waals surface area contributed by atoms with Gasteiger partial charge in [-0.05, 0) is 37.5 Å². The molecule has 3 amide bonds. The Morgan fingerprint density at radius 2 is 2.04 bits per heavy atom. The molecule has 2 aliphatic rings. The van der Waals surface area contributed by atoms with Gasteiger partial charge in [-0.3, -0.25) is 14.4 Å². The third kappa shape index (κ3) is 3.58. The predicted molar refractivity (Wildman–Crippen MR) is 91.6 cm³/mol. The lowest BCUT2D eigenvalue weighted by atomic mass is 9.97. The molecule has 0 saturated carbocycles. The summed E-state index contributed by atoms with van der Waals surface area (Å²) in [5, 5.41) is 2.93. The normalized spacial score (nSPS) is 21.0. The summed E-state index contributed by atoms with van der Waals surface area (Å²) in [5.41, 5.74) is 1.52. The highest BCUT2D eigenvalue weighted by Crippen LogP contribution is 2.25. The van der Waals surface area contributed by atoms with Crippen LogP contribution in [0.4, 0.5) is 11.4 Å². The van der Waals surface area contributed by atoms with E-state index in [0.717, 1.165) is 38.0 Å². The van der Waals surface area contributed by atoms with E-state index in [1.54, 1.807) is 9.80 Å². The van der Waals surface area contributed by atoms with Crippen molar-refractivity contribution in [3.8, 4) is 0 Å². The first-order valence-corrected chi connectivity index (χ1v) is 8.51. The van der Waals surface area contributed by atoms with Crippen LogP contribution in [0.2, 0.25) is 0 Å². The maximum Gasteiger partial charge on any atom is 0.229 e. The number of hydrogen-bond donors (Lipinski definition) is 1. The van der Waals surface area contributed by atoms with Crippen LogP contribution in [-0.2, 0) is 14.4 Å². The van der Waals surface area contributed by atoms with Crippen molar-refractivity contribution >= 4 is 29.1 Å². The second kappa shape index (κ2) is 7.03. The number of rotatable bonds is 3. The van der Waals surface area contributed by atoms with Crippen LogP contribution in [0.1, 0.15) is 32.6 Å². The SMILES string of the molecule is CC(=O)N1CCC[C@@H](C(=O)Nc2cccc(N3CCCC3=O)c2)C1. The van der Waals surface area contributed by atoms with E-state index in [1.807, 2.05) is 24.3 Å². The van der Waals surface area contributed by atoms with E-state index in [9.17, 15) is 14.4 Å². The van der Waals surface area contributed by atoms with Gasteiger partial charge in [0.2, 0.25) is 17.7 Å². The first-order chi connectivity index (χ1) is 11.5. The van der Waals surface area contributed by atoms with Crippen molar-refractivity contribution < 1.29 is 14.4 Å². The van der Waals surface area contributed by atoms with Crippen LogP contribution in [0, 0.1) is 5.92 Å². The molecule has 0 unspecified atom stereocenters. The molecule has 24 heavy (non-hydrogen) atoms. The minimum absolute atomic E-state index is 0.0158. The fourth-order valence-corrected chi connectivity index (χ4v) is 3.39. The minimum atomic E-state index is -0.181. The fraction of sp³-hybridized carbons (Fsp3) is 0.500. The molecule has 0 bridgehead atoms. The Balaban J connectivity index is 1.66. The maximum absolute atomic E-state index is 12.5. The van der Waals surface area contributed by atoms with E-state index in [1.165, 1.54) is 6.92 Å². The third-order valence-corrected chi connectivity index (χ3v) is 4.74. The number of nitrogens with one attached hydrogen (secondary N) is 1. The predicted octanol–water partition coefficient (Wildman–Crippen LogP) is 2.01. The van der Waals surface area contributed by atoms with Crippen LogP contribution < -0.4 is 10.2 Å². The number of hydrogen-bond acceptors (Lipinski definition) is 3. The Bertz CT molecular complexity index is 659. The molecule has 6 nitrogen and oxygen atoms in total. The zero-order valence-electron chi connectivity index (χ0n) is 14.0. The number of piperidine rings is 1. The second-order valence-electron chi connectivity index (χ2n) is 6.49. The van der Waals surface area contributed by atoms with Gasteiger partial charge >= 0.3 is 0 Å². The van der Waals surface area contributed by atoms with Gasteiger partial charge in [0.1, 0.15) is 0 Å². The van der Waals surface area contributed by atoms with Gasteiger partial charge in [-0.2, -0.15) is 0 Å². The van der Waals surface area contributed by atoms with Gasteiger partial charge < -0.3 is 15.1 Å². The van der Waals surface area contributed by atoms with Crippen LogP contribution in [0.25, 0.3) is 0 Å². The van der Waals surface area contributed by atoms with Gasteiger partial charge in [0.15, 0.2) is 0 Å². The van der Waals surface area contributed by atoms with Gasteiger partial charge in [0.25, 0.3) is 0 Å². The van der Waals surface area contributed by atoms with Crippen molar-refractivity contribution in [2.45, 2.75) is 32.6 Å². The quantitative estimate of drug-likeness (QED) is 0.922. The molecular weight excluding hydrogens is 306 g/mol. The standard InChI is InChI=1S/C18H23N3O3/c1-13(22)20-9-3-5-14(12-20)18(24)19-15-6-2-7-16(11-15)21-10-4-8-17(21)23/h2,6-7,11,14H,3-5,8-10,12H2,1H3,(H,19,24)/t14-/m1/s1. The molecule has 0 spiro atoms. The van der Waals surface area contributed by atoms with Gasteiger partial charge in [0, 0.05) is 44.4 Å². The summed E-state index contributed by atoms with van der Waals surface area (Å²) in [4.78, 5) is 39.4. The number of nitrogens with zero attached hydrogens (tertiary/aromatic N) is 2. The number of benzene rings is 1. The van der Waals surface area contributed by atoms with E-state index in [2.05, 4.69) is 5.32 Å². The molecule has 1 aromatic carbocycles. The van der Waals surface area contributed by atoms with Crippen molar-refractivity contribution in [3.63, 3.8) is 0 Å². The topological polar surface area (TPSA) is 69.7 Å². The molecule has 1 atom stereocenters. The molecule has 2 saturated heterocycles. The molecule has 2 heterocycles. The van der Waals surface area contributed by atoms with Crippen molar-refractivity contribution in [1.29, 1.82) is 0 Å². The average molecular weight is 329 g/mol. The Kier molecular flexibility index (Phi) is 4.83. The molecule has 0 aromatic heterocycles. The lowest BCUT2D eigenvalue weighted by Gasteiger charge is -2.31. The number of amides is 3. The molecular formula is C18H23N3O3. The fourth-order valence-electron chi connectivity index (χ4n) is 3.39. The zero-order chi connectivity index (χ0) is 17.1. The van der Waals surface area contributed by atoms with Crippen LogP contribution in [0.3, 0.4) is 0 Å². The summed E-state index contributed by atoms with van der Waals surface area (Å²) in [7, 11) is 0. The molecule has 1 N–H and O–H groups in total. The highest BCUT2D eigenvalue weighted by molar-refractivity contribution is 5.97. The molecule has 0 radical (unpaired) electrons. The van der Waals surface area contributed by atoms with Crippen molar-refractivity contribution in [2.75, 3.05) is 29.9 Å². The average Bonchev–Trinajstić information content (AvgIpc) is 3.01. The maximum atomic E-state index is 12.5. The molecule has 0 aliphatic carbocycles. The number of likely N-dealkylation sites (tertiary alicyclic amines) is 1. The van der Waals surface area contributed by atoms with Gasteiger partial charge in [0.05, 0.1) is 5.92 Å². The van der Waals surface area contributed by atoms with Crippen LogP contribution in [-0.4, -0.2) is 42.3 Å². The highest BCUT2D eigenvalue weighted by atomic mass is 16.2. The van der Waals surface area contributed by atoms with Gasteiger partial charge in [-0.15, -0.1) is 0 Å². The van der Waals surface area contributed by atoms with Crippen LogP contribution in [0.15, 0.2) is 24.3 Å². The number of carbonyl (C=O) groups is 3. The van der Waals surface area contributed by atoms with E-state index in [4.69, 9.17) is 0 Å².